The third kappa shape index (κ3) is 9.45. The maximum Gasteiger partial charge on any atom is 0.0902 e. The van der Waals surface area contributed by atoms with Crippen LogP contribution in [0, 0.1) is 90.6 Å². The van der Waals surface area contributed by atoms with Crippen molar-refractivity contribution in [1.29, 1.82) is 0 Å². The zero-order valence-corrected chi connectivity index (χ0v) is 32.3. The quantitative estimate of drug-likeness (QED) is 0.109. The molecule has 5 aromatic rings. The molecule has 0 unspecified atom stereocenters. The zero-order chi connectivity index (χ0) is 34.2. The summed E-state index contributed by atoms with van der Waals surface area (Å²) in [4.78, 5) is 0. The number of benzene rings is 5. The van der Waals surface area contributed by atoms with Gasteiger partial charge in [0.25, 0.3) is 0 Å². The van der Waals surface area contributed by atoms with Crippen molar-refractivity contribution in [3.05, 3.63) is 212 Å². The average Bonchev–Trinajstić information content (AvgIpc) is 3.83. The van der Waals surface area contributed by atoms with Crippen LogP contribution in [0.3, 0.4) is 0 Å². The van der Waals surface area contributed by atoms with Crippen LogP contribution in [-0.2, 0) is 21.8 Å². The number of aryl methyl sites for hydroxylation is 4. The summed E-state index contributed by atoms with van der Waals surface area (Å²) in [6, 6.07) is 44.9. The molecule has 1 atom stereocenters. The van der Waals surface area contributed by atoms with Gasteiger partial charge >= 0.3 is 0 Å². The van der Waals surface area contributed by atoms with E-state index >= 15 is 0 Å². The Kier molecular flexibility index (Phi) is 14.5. The average molecular weight is 731 g/mol. The third-order valence-corrected chi connectivity index (χ3v) is 13.5. The van der Waals surface area contributed by atoms with Crippen LogP contribution in [0.2, 0.25) is 0 Å². The first-order valence-electron chi connectivity index (χ1n) is 16.8. The fourth-order valence-electron chi connectivity index (χ4n) is 6.67. The predicted molar refractivity (Wildman–Crippen MR) is 214 cm³/mol. The van der Waals surface area contributed by atoms with Crippen molar-refractivity contribution in [2.24, 2.45) is 0 Å². The van der Waals surface area contributed by atoms with E-state index in [0.717, 1.165) is 0 Å². The molecule has 5 aromatic carbocycles. The van der Waals surface area contributed by atoms with E-state index in [4.69, 9.17) is 4.74 Å². The van der Waals surface area contributed by atoms with E-state index in [1.54, 1.807) is 0 Å². The van der Waals surface area contributed by atoms with Gasteiger partial charge in [-0.15, -0.1) is 0 Å². The van der Waals surface area contributed by atoms with Crippen LogP contribution in [0.5, 0.6) is 0 Å². The fraction of sp³-hybridized carbons (Fsp3) is 0.130. The van der Waals surface area contributed by atoms with Crippen molar-refractivity contribution in [2.75, 3.05) is 7.11 Å². The van der Waals surface area contributed by atoms with Gasteiger partial charge in [-0.25, -0.2) is 0 Å². The molecule has 0 bridgehead atoms. The minimum absolute atomic E-state index is 0. The Morgan fingerprint density at radius 1 is 0.460 bits per heavy atom. The Bertz CT molecular complexity index is 1650. The van der Waals surface area contributed by atoms with Crippen molar-refractivity contribution < 1.29 is 21.8 Å². The van der Waals surface area contributed by atoms with Gasteiger partial charge in [-0.05, 0) is 127 Å². The molecule has 2 aliphatic rings. The first-order chi connectivity index (χ1) is 23.9. The second-order valence-corrected chi connectivity index (χ2v) is 16.9. The van der Waals surface area contributed by atoms with Crippen molar-refractivity contribution in [2.45, 2.75) is 33.8 Å². The van der Waals surface area contributed by atoms with Crippen LogP contribution in [0.4, 0.5) is 0 Å². The van der Waals surface area contributed by atoms with Crippen molar-refractivity contribution in [3.63, 3.8) is 0 Å². The van der Waals surface area contributed by atoms with Crippen molar-refractivity contribution >= 4 is 42.4 Å². The molecule has 0 amide bonds. The molecule has 252 valence electrons. The second kappa shape index (κ2) is 18.8. The largest absolute Gasteiger partial charge is 0.376 e. The van der Waals surface area contributed by atoms with E-state index in [9.17, 15) is 0 Å². The molecule has 0 aliphatic heterocycles. The topological polar surface area (TPSA) is 9.23 Å². The Labute approximate surface area is 315 Å². The Morgan fingerprint density at radius 2 is 0.900 bits per heavy atom. The predicted octanol–water partition coefficient (Wildman–Crippen LogP) is 9.25. The molecule has 0 spiro atoms. The van der Waals surface area contributed by atoms with Gasteiger partial charge in [-0.2, -0.15) is 0 Å². The molecule has 2 saturated carbocycles. The second-order valence-electron chi connectivity index (χ2n) is 12.5. The van der Waals surface area contributed by atoms with Gasteiger partial charge < -0.3 is 4.74 Å². The molecule has 0 heterocycles. The molecular weight excluding hydrogens is 686 g/mol. The third-order valence-electron chi connectivity index (χ3n) is 8.56. The van der Waals surface area contributed by atoms with E-state index in [0.29, 0.717) is 0 Å². The van der Waals surface area contributed by atoms with E-state index in [1.807, 2.05) is 39.2 Å². The first-order valence-corrected chi connectivity index (χ1v) is 19.5. The van der Waals surface area contributed by atoms with Crippen molar-refractivity contribution in [3.8, 4) is 0 Å². The van der Waals surface area contributed by atoms with E-state index in [-0.39, 0.29) is 23.2 Å². The van der Waals surface area contributed by atoms with Crippen LogP contribution in [0.15, 0.2) is 121 Å². The summed E-state index contributed by atoms with van der Waals surface area (Å²) >= 11 is 0. The van der Waals surface area contributed by atoms with Crippen molar-refractivity contribution in [1.82, 2.24) is 0 Å². The molecule has 2 aliphatic carbocycles. The number of hydrogen-bond donors (Lipinski definition) is 0. The minimum atomic E-state index is -0.810. The standard InChI is InChI=1S/C41H39OP2.C5H5.Fe/c1-29-23-30(2)26-35(25-29)44(36-27-31(3)24-32(4)28-36)40-22-14-20-38(40)41(42-5)37-19-12-13-21-39(37)43(33-15-8-6-9-16-33)34-17-10-7-11-18-34;1-2-4-5-3-1;/h6-28,41H,1-5H3;1-5H;/t41-;;/m1../s1. The molecule has 50 heavy (non-hydrogen) atoms. The molecule has 1 nitrogen and oxygen atoms in total. The number of methoxy groups -OCH3 is 1. The number of ether oxygens (including phenoxy) is 1. The molecule has 4 heteroatoms. The summed E-state index contributed by atoms with van der Waals surface area (Å²) in [6.45, 7) is 8.84. The van der Waals surface area contributed by atoms with E-state index in [2.05, 4.69) is 168 Å². The summed E-state index contributed by atoms with van der Waals surface area (Å²) in [5.41, 5.74) is 7.80. The molecule has 0 aromatic heterocycles. The monoisotopic (exact) mass is 730 g/mol. The van der Waals surface area contributed by atoms with Gasteiger partial charge in [-0.3, -0.25) is 0 Å². The van der Waals surface area contributed by atoms with E-state index in [1.165, 1.54) is 65.9 Å². The summed E-state index contributed by atoms with van der Waals surface area (Å²) < 4.78 is 6.52. The summed E-state index contributed by atoms with van der Waals surface area (Å²) in [5, 5.41) is 6.78. The molecule has 2 fully saturated rings. The Hall–Kier alpha value is -2.56. The summed E-state index contributed by atoms with van der Waals surface area (Å²) in [5.74, 6) is 1.25. The maximum atomic E-state index is 6.52. The minimum Gasteiger partial charge on any atom is -0.376 e. The molecule has 7 rings (SSSR count). The molecule has 0 saturated heterocycles. The summed E-state index contributed by atoms with van der Waals surface area (Å²) in [7, 11) is 0.267. The maximum absolute atomic E-state index is 6.52. The number of hydrogen-bond acceptors (Lipinski definition) is 1. The SMILES string of the molecule is CO[C@@H]([C]1[CH][CH][CH][C]1P(c1cc(C)cc(C)c1)c1cc(C)cc(C)c1)c1ccccc1P(c1ccccc1)c1ccccc1.[CH]1[CH][CH][CH][CH]1.[Fe]. The fourth-order valence-corrected chi connectivity index (χ4v) is 12.0. The van der Waals surface area contributed by atoms with Gasteiger partial charge in [0, 0.05) is 35.8 Å². The van der Waals surface area contributed by atoms with Gasteiger partial charge in [0.1, 0.15) is 0 Å². The molecular formula is C46H44FeOP2. The Balaban J connectivity index is 0.000000745. The van der Waals surface area contributed by atoms with Crippen LogP contribution in [-0.4, -0.2) is 7.11 Å². The summed E-state index contributed by atoms with van der Waals surface area (Å²) in [6.07, 6.45) is 16.6. The van der Waals surface area contributed by atoms with Gasteiger partial charge in [0.05, 0.1) is 6.10 Å². The van der Waals surface area contributed by atoms with Gasteiger partial charge in [-0.1, -0.05) is 144 Å². The zero-order valence-electron chi connectivity index (χ0n) is 29.4. The first kappa shape index (κ1) is 38.7. The normalized spacial score (nSPS) is 15.5. The van der Waals surface area contributed by atoms with Crippen LogP contribution in [0.1, 0.15) is 33.9 Å². The van der Waals surface area contributed by atoms with E-state index < -0.39 is 15.8 Å². The molecule has 10 radical (unpaired) electrons. The van der Waals surface area contributed by atoms with Gasteiger partial charge in [0.2, 0.25) is 0 Å². The van der Waals surface area contributed by atoms with Crippen LogP contribution >= 0.6 is 15.8 Å². The van der Waals surface area contributed by atoms with Gasteiger partial charge in [0.15, 0.2) is 0 Å². The van der Waals surface area contributed by atoms with Crippen LogP contribution < -0.4 is 26.5 Å². The molecule has 0 N–H and O–H groups in total. The smallest absolute Gasteiger partial charge is 0.0902 e. The number of rotatable bonds is 9. The Morgan fingerprint density at radius 3 is 1.36 bits per heavy atom. The van der Waals surface area contributed by atoms with Crippen LogP contribution in [0.25, 0.3) is 0 Å².